The van der Waals surface area contributed by atoms with Gasteiger partial charge in [0, 0.05) is 12.6 Å². The Balaban J connectivity index is 1.70. The molecule has 0 fully saturated rings. The molecule has 5 heteroatoms. The summed E-state index contributed by atoms with van der Waals surface area (Å²) in [4.78, 5) is 25.7. The number of hydrogen-bond acceptors (Lipinski definition) is 4. The number of carbonyl (C=O) groups excluding carboxylic acids is 2. The molecule has 18 heavy (non-hydrogen) atoms. The number of aromatic amines is 1. The van der Waals surface area contributed by atoms with Crippen molar-refractivity contribution in [2.75, 3.05) is 6.61 Å². The summed E-state index contributed by atoms with van der Waals surface area (Å²) in [5.41, 5.74) is 1.58. The lowest BCUT2D eigenvalue weighted by atomic mass is 10.2. The van der Waals surface area contributed by atoms with Gasteiger partial charge in [-0.2, -0.15) is 11.3 Å². The molecule has 2 aromatic heterocycles. The maximum absolute atomic E-state index is 11.5. The van der Waals surface area contributed by atoms with Crippen LogP contribution in [0.15, 0.2) is 35.2 Å². The van der Waals surface area contributed by atoms with Crippen molar-refractivity contribution in [3.8, 4) is 0 Å². The van der Waals surface area contributed by atoms with E-state index in [2.05, 4.69) is 4.98 Å². The van der Waals surface area contributed by atoms with E-state index in [1.54, 1.807) is 29.7 Å². The number of esters is 1. The molecule has 0 radical (unpaired) electrons. The second-order valence-electron chi connectivity index (χ2n) is 3.80. The lowest BCUT2D eigenvalue weighted by molar-refractivity contribution is -0.142. The predicted molar refractivity (Wildman–Crippen MR) is 68.7 cm³/mol. The number of carbonyl (C=O) groups is 2. The normalized spacial score (nSPS) is 10.2. The van der Waals surface area contributed by atoms with E-state index in [0.717, 1.165) is 5.56 Å². The maximum atomic E-state index is 11.5. The molecule has 0 atom stereocenters. The topological polar surface area (TPSA) is 59.2 Å². The Morgan fingerprint density at radius 1 is 1.33 bits per heavy atom. The summed E-state index contributed by atoms with van der Waals surface area (Å²) in [6, 6.07) is 5.36. The number of nitrogens with one attached hydrogen (secondary N) is 1. The van der Waals surface area contributed by atoms with Crippen molar-refractivity contribution < 1.29 is 14.3 Å². The number of hydrogen-bond donors (Lipinski definition) is 1. The van der Waals surface area contributed by atoms with E-state index in [1.807, 2.05) is 16.8 Å². The lowest BCUT2D eigenvalue weighted by Crippen LogP contribution is -2.14. The Morgan fingerprint density at radius 2 is 2.22 bits per heavy atom. The van der Waals surface area contributed by atoms with Crippen molar-refractivity contribution in [3.05, 3.63) is 46.4 Å². The van der Waals surface area contributed by atoms with Gasteiger partial charge in [-0.05, 0) is 40.9 Å². The highest BCUT2D eigenvalue weighted by Gasteiger charge is 2.10. The second-order valence-corrected chi connectivity index (χ2v) is 4.58. The number of Topliss-reactive ketones (excluding diaryl/α,β-unsaturated/α-hetero) is 1. The summed E-state index contributed by atoms with van der Waals surface area (Å²) in [5, 5.41) is 3.97. The smallest absolute Gasteiger partial charge is 0.306 e. The van der Waals surface area contributed by atoms with Gasteiger partial charge in [-0.1, -0.05) is 0 Å². The molecule has 0 aromatic carbocycles. The highest BCUT2D eigenvalue weighted by Crippen LogP contribution is 2.08. The number of ether oxygens (including phenoxy) is 1. The van der Waals surface area contributed by atoms with Gasteiger partial charge in [0.25, 0.3) is 0 Å². The molecular formula is C13H13NO3S. The molecule has 0 unspecified atom stereocenters. The standard InChI is InChI=1S/C13H13NO3S/c15-12(11-2-1-6-14-11)8-17-13(16)4-3-10-5-7-18-9-10/h1-2,5-7,9,14H,3-4,8H2. The zero-order chi connectivity index (χ0) is 12.8. The Kier molecular flexibility index (Phi) is 4.30. The van der Waals surface area contributed by atoms with Gasteiger partial charge in [-0.15, -0.1) is 0 Å². The van der Waals surface area contributed by atoms with Crippen LogP contribution in [-0.2, 0) is 16.0 Å². The van der Waals surface area contributed by atoms with E-state index in [-0.39, 0.29) is 18.4 Å². The third-order valence-corrected chi connectivity index (χ3v) is 3.19. The van der Waals surface area contributed by atoms with Crippen molar-refractivity contribution in [1.82, 2.24) is 4.98 Å². The summed E-state index contributed by atoms with van der Waals surface area (Å²) in [6.45, 7) is -0.205. The molecule has 0 aliphatic carbocycles. The molecule has 2 heterocycles. The molecule has 2 rings (SSSR count). The first-order valence-corrected chi connectivity index (χ1v) is 6.53. The predicted octanol–water partition coefficient (Wildman–Crippen LogP) is 2.43. The minimum absolute atomic E-state index is 0.205. The maximum Gasteiger partial charge on any atom is 0.306 e. The summed E-state index contributed by atoms with van der Waals surface area (Å²) in [6.07, 6.45) is 2.61. The summed E-state index contributed by atoms with van der Waals surface area (Å²) >= 11 is 1.60. The van der Waals surface area contributed by atoms with Gasteiger partial charge in [0.1, 0.15) is 0 Å². The molecule has 0 spiro atoms. The third-order valence-electron chi connectivity index (χ3n) is 2.46. The first-order valence-electron chi connectivity index (χ1n) is 5.59. The number of aryl methyl sites for hydroxylation is 1. The van der Waals surface area contributed by atoms with Crippen LogP contribution in [0.4, 0.5) is 0 Å². The average Bonchev–Trinajstić information content (AvgIpc) is 3.05. The van der Waals surface area contributed by atoms with Gasteiger partial charge in [-0.25, -0.2) is 0 Å². The van der Waals surface area contributed by atoms with Crippen LogP contribution in [0.3, 0.4) is 0 Å². The van der Waals surface area contributed by atoms with Gasteiger partial charge in [0.05, 0.1) is 5.69 Å². The lowest BCUT2D eigenvalue weighted by Gasteiger charge is -2.02. The highest BCUT2D eigenvalue weighted by atomic mass is 32.1. The van der Waals surface area contributed by atoms with E-state index in [0.29, 0.717) is 18.5 Å². The van der Waals surface area contributed by atoms with Crippen LogP contribution in [0.25, 0.3) is 0 Å². The zero-order valence-electron chi connectivity index (χ0n) is 9.72. The van der Waals surface area contributed by atoms with E-state index in [1.165, 1.54) is 0 Å². The Labute approximate surface area is 109 Å². The van der Waals surface area contributed by atoms with Gasteiger partial charge in [-0.3, -0.25) is 9.59 Å². The average molecular weight is 263 g/mol. The van der Waals surface area contributed by atoms with Crippen molar-refractivity contribution >= 4 is 23.1 Å². The molecule has 0 aliphatic rings. The van der Waals surface area contributed by atoms with E-state index in [9.17, 15) is 9.59 Å². The molecule has 0 bridgehead atoms. The third kappa shape index (κ3) is 3.56. The fourth-order valence-electron chi connectivity index (χ4n) is 1.48. The highest BCUT2D eigenvalue weighted by molar-refractivity contribution is 7.07. The monoisotopic (exact) mass is 263 g/mol. The fraction of sp³-hybridized carbons (Fsp3) is 0.231. The number of rotatable bonds is 6. The fourth-order valence-corrected chi connectivity index (χ4v) is 2.18. The van der Waals surface area contributed by atoms with Crippen LogP contribution < -0.4 is 0 Å². The summed E-state index contributed by atoms with van der Waals surface area (Å²) in [5.74, 6) is -0.565. The van der Waals surface area contributed by atoms with Gasteiger partial charge in [0.2, 0.25) is 5.78 Å². The van der Waals surface area contributed by atoms with Crippen molar-refractivity contribution in [2.45, 2.75) is 12.8 Å². The van der Waals surface area contributed by atoms with Crippen LogP contribution >= 0.6 is 11.3 Å². The van der Waals surface area contributed by atoms with Crippen LogP contribution in [0.2, 0.25) is 0 Å². The summed E-state index contributed by atoms with van der Waals surface area (Å²) < 4.78 is 4.92. The van der Waals surface area contributed by atoms with Crippen molar-refractivity contribution in [3.63, 3.8) is 0 Å². The van der Waals surface area contributed by atoms with Gasteiger partial charge in [0.15, 0.2) is 6.61 Å². The van der Waals surface area contributed by atoms with Crippen molar-refractivity contribution in [1.29, 1.82) is 0 Å². The molecule has 0 saturated heterocycles. The SMILES string of the molecule is O=C(CCc1ccsc1)OCC(=O)c1ccc[nH]1. The van der Waals surface area contributed by atoms with Crippen molar-refractivity contribution in [2.24, 2.45) is 0 Å². The molecule has 94 valence electrons. The minimum atomic E-state index is -0.346. The first-order chi connectivity index (χ1) is 8.75. The molecule has 2 aromatic rings. The van der Waals surface area contributed by atoms with Gasteiger partial charge < -0.3 is 9.72 Å². The minimum Gasteiger partial charge on any atom is -0.457 e. The number of thiophene rings is 1. The number of H-pyrrole nitrogens is 1. The molecule has 0 aliphatic heterocycles. The van der Waals surface area contributed by atoms with E-state index < -0.39 is 0 Å². The largest absolute Gasteiger partial charge is 0.457 e. The second kappa shape index (κ2) is 6.16. The first kappa shape index (κ1) is 12.6. The molecule has 1 N–H and O–H groups in total. The molecule has 4 nitrogen and oxygen atoms in total. The van der Waals surface area contributed by atoms with Crippen LogP contribution in [-0.4, -0.2) is 23.3 Å². The Morgan fingerprint density at radius 3 is 2.89 bits per heavy atom. The number of aromatic nitrogens is 1. The zero-order valence-corrected chi connectivity index (χ0v) is 10.5. The Bertz CT molecular complexity index is 502. The van der Waals surface area contributed by atoms with E-state index >= 15 is 0 Å². The molecular weight excluding hydrogens is 250 g/mol. The molecule has 0 saturated carbocycles. The van der Waals surface area contributed by atoms with Crippen LogP contribution in [0.5, 0.6) is 0 Å². The summed E-state index contributed by atoms with van der Waals surface area (Å²) in [7, 11) is 0. The Hall–Kier alpha value is -1.88. The number of ketones is 1. The van der Waals surface area contributed by atoms with Crippen LogP contribution in [0, 0.1) is 0 Å². The van der Waals surface area contributed by atoms with Crippen LogP contribution in [0.1, 0.15) is 22.5 Å². The van der Waals surface area contributed by atoms with Gasteiger partial charge >= 0.3 is 5.97 Å². The quantitative estimate of drug-likeness (QED) is 0.643. The van der Waals surface area contributed by atoms with E-state index in [4.69, 9.17) is 4.74 Å². The molecule has 0 amide bonds.